The van der Waals surface area contributed by atoms with Gasteiger partial charge in [0.2, 0.25) is 0 Å². The highest BCUT2D eigenvalue weighted by Crippen LogP contribution is 2.29. The monoisotopic (exact) mass is 292 g/mol. The summed E-state index contributed by atoms with van der Waals surface area (Å²) in [5.74, 6) is 1.39. The number of hydrogen-bond donors (Lipinski definition) is 0. The molecule has 0 spiro atoms. The van der Waals surface area contributed by atoms with E-state index < -0.39 is 6.36 Å². The minimum atomic E-state index is -4.67. The number of alkyl halides is 3. The maximum absolute atomic E-state index is 12.0. The van der Waals surface area contributed by atoms with Crippen LogP contribution in [0.15, 0.2) is 18.3 Å². The molecule has 3 nitrogen and oxygen atoms in total. The highest BCUT2D eigenvalue weighted by atomic mass is 32.2. The van der Waals surface area contributed by atoms with Gasteiger partial charge >= 0.3 is 6.36 Å². The highest BCUT2D eigenvalue weighted by Gasteiger charge is 2.31. The number of pyridine rings is 1. The highest BCUT2D eigenvalue weighted by molar-refractivity contribution is 8.00. The van der Waals surface area contributed by atoms with Crippen molar-refractivity contribution < 1.29 is 17.9 Å². The number of halogens is 3. The van der Waals surface area contributed by atoms with Crippen molar-refractivity contribution in [3.63, 3.8) is 0 Å². The summed E-state index contributed by atoms with van der Waals surface area (Å²) in [6.07, 6.45) is -3.56. The van der Waals surface area contributed by atoms with Crippen LogP contribution < -0.4 is 9.64 Å². The van der Waals surface area contributed by atoms with Crippen molar-refractivity contribution in [1.29, 1.82) is 0 Å². The second-order valence-electron chi connectivity index (χ2n) is 4.41. The largest absolute Gasteiger partial charge is 0.573 e. The average Bonchev–Trinajstić information content (AvgIpc) is 2.32. The van der Waals surface area contributed by atoms with Crippen LogP contribution in [0.2, 0.25) is 0 Å². The zero-order valence-corrected chi connectivity index (χ0v) is 11.5. The topological polar surface area (TPSA) is 25.4 Å². The van der Waals surface area contributed by atoms with E-state index in [1.54, 1.807) is 6.07 Å². The summed E-state index contributed by atoms with van der Waals surface area (Å²) < 4.78 is 39.9. The van der Waals surface area contributed by atoms with E-state index in [1.807, 2.05) is 11.8 Å². The third-order valence-electron chi connectivity index (χ3n) is 3.13. The molecule has 2 unspecified atom stereocenters. The number of nitrogens with zero attached hydrogens (tertiary/aromatic N) is 2. The molecule has 1 aromatic heterocycles. The Kier molecular flexibility index (Phi) is 4.13. The van der Waals surface area contributed by atoms with E-state index in [9.17, 15) is 13.2 Å². The molecule has 19 heavy (non-hydrogen) atoms. The van der Waals surface area contributed by atoms with Crippen LogP contribution in [0.1, 0.15) is 13.8 Å². The Balaban J connectivity index is 2.09. The van der Waals surface area contributed by atoms with Gasteiger partial charge in [0.1, 0.15) is 11.6 Å². The van der Waals surface area contributed by atoms with Crippen molar-refractivity contribution >= 4 is 17.6 Å². The van der Waals surface area contributed by atoms with Crippen LogP contribution in [-0.2, 0) is 0 Å². The molecule has 0 N–H and O–H groups in total. The lowest BCUT2D eigenvalue weighted by Crippen LogP contribution is -2.45. The van der Waals surface area contributed by atoms with Crippen molar-refractivity contribution in [2.24, 2.45) is 0 Å². The molecule has 1 saturated heterocycles. The van der Waals surface area contributed by atoms with Gasteiger partial charge in [-0.05, 0) is 19.1 Å². The first-order chi connectivity index (χ1) is 8.87. The van der Waals surface area contributed by atoms with Gasteiger partial charge in [0.25, 0.3) is 0 Å². The van der Waals surface area contributed by atoms with Crippen LogP contribution in [0.5, 0.6) is 5.75 Å². The zero-order chi connectivity index (χ0) is 14.0. The Morgan fingerprint density at radius 1 is 1.37 bits per heavy atom. The minimum absolute atomic E-state index is 0.289. The molecule has 0 aromatic carbocycles. The fraction of sp³-hybridized carbons (Fsp3) is 0.583. The summed E-state index contributed by atoms with van der Waals surface area (Å²) in [6.45, 7) is 5.09. The molecular formula is C12H15F3N2OS. The predicted molar refractivity (Wildman–Crippen MR) is 69.6 cm³/mol. The zero-order valence-electron chi connectivity index (χ0n) is 10.6. The summed E-state index contributed by atoms with van der Waals surface area (Å²) >= 11 is 1.89. The molecule has 2 atom stereocenters. The van der Waals surface area contributed by atoms with E-state index >= 15 is 0 Å². The Morgan fingerprint density at radius 2 is 2.11 bits per heavy atom. The first kappa shape index (κ1) is 14.3. The maximum atomic E-state index is 12.0. The van der Waals surface area contributed by atoms with Crippen LogP contribution in [0.3, 0.4) is 0 Å². The van der Waals surface area contributed by atoms with E-state index in [0.717, 1.165) is 18.5 Å². The van der Waals surface area contributed by atoms with Crippen LogP contribution in [-0.4, -0.2) is 34.9 Å². The number of ether oxygens (including phenoxy) is 1. The summed E-state index contributed by atoms with van der Waals surface area (Å²) in [4.78, 5) is 6.17. The van der Waals surface area contributed by atoms with Crippen molar-refractivity contribution in [2.45, 2.75) is 31.5 Å². The molecule has 1 fully saturated rings. The van der Waals surface area contributed by atoms with Crippen molar-refractivity contribution in [3.05, 3.63) is 18.3 Å². The molecule has 0 saturated carbocycles. The second kappa shape index (κ2) is 5.48. The lowest BCUT2D eigenvalue weighted by molar-refractivity contribution is -0.274. The molecule has 0 radical (unpaired) electrons. The molecular weight excluding hydrogens is 277 g/mol. The van der Waals surface area contributed by atoms with Gasteiger partial charge in [-0.1, -0.05) is 6.92 Å². The van der Waals surface area contributed by atoms with Crippen molar-refractivity contribution in [3.8, 4) is 5.75 Å². The third kappa shape index (κ3) is 3.68. The fourth-order valence-electron chi connectivity index (χ4n) is 1.99. The minimum Gasteiger partial charge on any atom is -0.404 e. The van der Waals surface area contributed by atoms with Gasteiger partial charge in [0, 0.05) is 23.6 Å². The molecule has 1 aliphatic heterocycles. The number of aromatic nitrogens is 1. The summed E-state index contributed by atoms with van der Waals surface area (Å²) in [5, 5.41) is 0.474. The first-order valence-electron chi connectivity index (χ1n) is 5.97. The molecule has 2 heterocycles. The molecule has 0 aliphatic carbocycles. The quantitative estimate of drug-likeness (QED) is 0.835. The fourth-order valence-corrected chi connectivity index (χ4v) is 3.09. The molecule has 1 aromatic rings. The third-order valence-corrected chi connectivity index (χ3v) is 4.47. The lowest BCUT2D eigenvalue weighted by Gasteiger charge is -2.38. The van der Waals surface area contributed by atoms with Gasteiger partial charge in [-0.2, -0.15) is 11.8 Å². The molecule has 106 valence electrons. The van der Waals surface area contributed by atoms with Gasteiger partial charge in [-0.25, -0.2) is 4.98 Å². The van der Waals surface area contributed by atoms with Gasteiger partial charge < -0.3 is 9.64 Å². The number of anilines is 1. The SMILES string of the molecule is CC1SCCN(c2ccc(OC(F)(F)F)cn2)C1C. The van der Waals surface area contributed by atoms with Crippen LogP contribution >= 0.6 is 11.8 Å². The van der Waals surface area contributed by atoms with E-state index in [2.05, 4.69) is 28.5 Å². The summed E-state index contributed by atoms with van der Waals surface area (Å²) in [6, 6.07) is 3.18. The number of rotatable bonds is 2. The predicted octanol–water partition coefficient (Wildman–Crippen LogP) is 3.31. The van der Waals surface area contributed by atoms with E-state index in [4.69, 9.17) is 0 Å². The maximum Gasteiger partial charge on any atom is 0.573 e. The van der Waals surface area contributed by atoms with Gasteiger partial charge in [0.05, 0.1) is 6.20 Å². The van der Waals surface area contributed by atoms with Crippen LogP contribution in [0, 0.1) is 0 Å². The Labute approximate surface area is 114 Å². The van der Waals surface area contributed by atoms with E-state index in [1.165, 1.54) is 6.07 Å². The van der Waals surface area contributed by atoms with Crippen molar-refractivity contribution in [2.75, 3.05) is 17.2 Å². The first-order valence-corrected chi connectivity index (χ1v) is 7.02. The van der Waals surface area contributed by atoms with Gasteiger partial charge in [-0.3, -0.25) is 0 Å². The van der Waals surface area contributed by atoms with E-state index in [0.29, 0.717) is 17.1 Å². The number of hydrogen-bond acceptors (Lipinski definition) is 4. The Bertz CT molecular complexity index is 424. The normalized spacial score (nSPS) is 24.4. The van der Waals surface area contributed by atoms with Crippen LogP contribution in [0.4, 0.5) is 19.0 Å². The molecule has 0 bridgehead atoms. The Morgan fingerprint density at radius 3 is 2.68 bits per heavy atom. The summed E-state index contributed by atoms with van der Waals surface area (Å²) in [5.41, 5.74) is 0. The van der Waals surface area contributed by atoms with Gasteiger partial charge in [0.15, 0.2) is 0 Å². The van der Waals surface area contributed by atoms with Crippen LogP contribution in [0.25, 0.3) is 0 Å². The van der Waals surface area contributed by atoms with Crippen molar-refractivity contribution in [1.82, 2.24) is 4.98 Å². The Hall–Kier alpha value is -1.11. The smallest absolute Gasteiger partial charge is 0.404 e. The average molecular weight is 292 g/mol. The second-order valence-corrected chi connectivity index (χ2v) is 5.89. The summed E-state index contributed by atoms with van der Waals surface area (Å²) in [7, 11) is 0. The molecule has 7 heteroatoms. The van der Waals surface area contributed by atoms with E-state index in [-0.39, 0.29) is 5.75 Å². The van der Waals surface area contributed by atoms with Gasteiger partial charge in [-0.15, -0.1) is 13.2 Å². The molecule has 0 amide bonds. The molecule has 1 aliphatic rings. The number of thioether (sulfide) groups is 1. The standard InChI is InChI=1S/C12H15F3N2OS/c1-8-9(2)19-6-5-17(8)11-4-3-10(7-16-11)18-12(13,14)15/h3-4,7-9H,5-6H2,1-2H3. The molecule has 2 rings (SSSR count). The lowest BCUT2D eigenvalue weighted by atomic mass is 10.2.